The van der Waals surface area contributed by atoms with E-state index in [9.17, 15) is 8.42 Å². The average Bonchev–Trinajstić information content (AvgIpc) is 2.60. The molecule has 2 aromatic carbocycles. The van der Waals surface area contributed by atoms with Crippen molar-refractivity contribution < 1.29 is 8.42 Å². The van der Waals surface area contributed by atoms with Crippen LogP contribution in [-0.4, -0.2) is 20.7 Å². The fourth-order valence-electron chi connectivity index (χ4n) is 4.53. The molecule has 4 heteroatoms. The number of rotatable bonds is 5. The molecule has 3 nitrogen and oxygen atoms in total. The molecule has 0 saturated heterocycles. The van der Waals surface area contributed by atoms with Gasteiger partial charge in [-0.25, -0.2) is 13.1 Å². The largest absolute Gasteiger partial charge is 0.215 e. The van der Waals surface area contributed by atoms with E-state index in [0.29, 0.717) is 30.7 Å². The first kappa shape index (κ1) is 15.9. The van der Waals surface area contributed by atoms with Crippen LogP contribution in [0.4, 0.5) is 0 Å². The lowest BCUT2D eigenvalue weighted by molar-refractivity contribution is 0.355. The smallest absolute Gasteiger partial charge is 0.211 e. The fraction of sp³-hybridized carbons (Fsp3) is 0.400. The lowest BCUT2D eigenvalue weighted by Crippen LogP contribution is -2.39. The number of sulfonamides is 1. The second-order valence-corrected chi connectivity index (χ2v) is 8.88. The summed E-state index contributed by atoms with van der Waals surface area (Å²) in [7, 11) is -3.15. The molecule has 0 radical (unpaired) electrons. The summed E-state index contributed by atoms with van der Waals surface area (Å²) < 4.78 is 27.0. The van der Waals surface area contributed by atoms with Crippen LogP contribution in [0.1, 0.15) is 53.9 Å². The van der Waals surface area contributed by atoms with E-state index < -0.39 is 10.0 Å². The summed E-state index contributed by atoms with van der Waals surface area (Å²) in [5.74, 6) is 1.22. The third-order valence-corrected chi connectivity index (χ3v) is 7.01. The fourth-order valence-corrected chi connectivity index (χ4v) is 5.68. The van der Waals surface area contributed by atoms with Crippen LogP contribution in [0.3, 0.4) is 0 Å². The van der Waals surface area contributed by atoms with Crippen molar-refractivity contribution in [2.75, 3.05) is 12.3 Å². The molecule has 0 amide bonds. The number of nitrogens with one attached hydrogen (secondary N) is 1. The van der Waals surface area contributed by atoms with Crippen molar-refractivity contribution in [2.24, 2.45) is 5.92 Å². The van der Waals surface area contributed by atoms with Crippen LogP contribution in [0, 0.1) is 5.92 Å². The van der Waals surface area contributed by atoms with Gasteiger partial charge in [-0.05, 0) is 41.0 Å². The van der Waals surface area contributed by atoms with Gasteiger partial charge in [-0.1, -0.05) is 55.5 Å². The molecule has 3 aliphatic carbocycles. The Balaban J connectivity index is 1.69. The highest BCUT2D eigenvalue weighted by molar-refractivity contribution is 7.89. The summed E-state index contributed by atoms with van der Waals surface area (Å²) in [5, 5.41) is 0. The average molecular weight is 341 g/mol. The Labute approximate surface area is 144 Å². The van der Waals surface area contributed by atoms with Crippen LogP contribution in [0.25, 0.3) is 0 Å². The summed E-state index contributed by atoms with van der Waals surface area (Å²) in [6.07, 6.45) is 1.67. The minimum atomic E-state index is -3.15. The second kappa shape index (κ2) is 6.01. The first-order valence-corrected chi connectivity index (χ1v) is 10.4. The first-order chi connectivity index (χ1) is 11.6. The summed E-state index contributed by atoms with van der Waals surface area (Å²) in [6, 6.07) is 17.3. The molecule has 0 spiro atoms. The zero-order valence-corrected chi connectivity index (χ0v) is 14.7. The van der Waals surface area contributed by atoms with Gasteiger partial charge in [0.2, 0.25) is 10.0 Å². The van der Waals surface area contributed by atoms with Gasteiger partial charge in [0.1, 0.15) is 0 Å². The van der Waals surface area contributed by atoms with Crippen LogP contribution in [0.2, 0.25) is 0 Å². The molecule has 0 unspecified atom stereocenters. The van der Waals surface area contributed by atoms with Crippen molar-refractivity contribution in [1.82, 2.24) is 4.72 Å². The Morgan fingerprint density at radius 3 is 2.04 bits per heavy atom. The molecule has 1 atom stereocenters. The Hall–Kier alpha value is -1.65. The Morgan fingerprint density at radius 1 is 0.958 bits per heavy atom. The highest BCUT2D eigenvalue weighted by atomic mass is 32.2. The highest BCUT2D eigenvalue weighted by Crippen LogP contribution is 2.55. The Kier molecular flexibility index (Phi) is 3.97. The zero-order valence-electron chi connectivity index (χ0n) is 13.9. The molecular formula is C20H23NO2S. The Bertz CT molecular complexity index is 812. The maximum absolute atomic E-state index is 12.1. The highest BCUT2D eigenvalue weighted by Gasteiger charge is 2.42. The van der Waals surface area contributed by atoms with E-state index in [-0.39, 0.29) is 5.75 Å². The van der Waals surface area contributed by atoms with E-state index in [1.807, 2.05) is 6.92 Å². The van der Waals surface area contributed by atoms with Crippen molar-refractivity contribution in [3.8, 4) is 0 Å². The topological polar surface area (TPSA) is 46.2 Å². The van der Waals surface area contributed by atoms with E-state index in [1.54, 1.807) is 0 Å². The quantitative estimate of drug-likeness (QED) is 0.903. The molecule has 0 heterocycles. The van der Waals surface area contributed by atoms with E-state index in [0.717, 1.165) is 6.42 Å². The molecule has 24 heavy (non-hydrogen) atoms. The van der Waals surface area contributed by atoms with E-state index in [2.05, 4.69) is 53.3 Å². The molecular weight excluding hydrogens is 318 g/mol. The van der Waals surface area contributed by atoms with E-state index in [4.69, 9.17) is 0 Å². The molecule has 1 N–H and O–H groups in total. The standard InChI is InChI=1S/C20H23NO2S/c1-2-11-24(22,23)21-13-14-12-19-15-7-3-5-9-17(15)20(14)18-10-6-4-8-16(18)19/h3-10,14,19-21H,2,11-13H2,1H3/t14-,19?,20?/m0/s1. The van der Waals surface area contributed by atoms with Crippen LogP contribution in [0.15, 0.2) is 48.5 Å². The molecule has 0 aromatic heterocycles. The lowest BCUT2D eigenvalue weighted by Gasteiger charge is -2.45. The summed E-state index contributed by atoms with van der Waals surface area (Å²) in [5.41, 5.74) is 5.61. The molecule has 5 rings (SSSR count). The molecule has 3 aliphatic rings. The molecule has 0 fully saturated rings. The lowest BCUT2D eigenvalue weighted by atomic mass is 9.59. The molecule has 2 aromatic rings. The van der Waals surface area contributed by atoms with Gasteiger partial charge in [-0.2, -0.15) is 0 Å². The normalized spacial score (nSPS) is 24.5. The third-order valence-electron chi connectivity index (χ3n) is 5.46. The predicted molar refractivity (Wildman–Crippen MR) is 96.8 cm³/mol. The van der Waals surface area contributed by atoms with Crippen molar-refractivity contribution in [3.63, 3.8) is 0 Å². The van der Waals surface area contributed by atoms with Gasteiger partial charge in [-0.3, -0.25) is 0 Å². The van der Waals surface area contributed by atoms with Crippen LogP contribution in [0.5, 0.6) is 0 Å². The van der Waals surface area contributed by atoms with Crippen molar-refractivity contribution in [2.45, 2.75) is 31.6 Å². The number of benzene rings is 2. The molecule has 0 saturated carbocycles. The minimum Gasteiger partial charge on any atom is -0.215 e. The van der Waals surface area contributed by atoms with Gasteiger partial charge in [0.05, 0.1) is 5.75 Å². The van der Waals surface area contributed by atoms with Crippen molar-refractivity contribution >= 4 is 10.0 Å². The van der Waals surface area contributed by atoms with Gasteiger partial charge >= 0.3 is 0 Å². The molecule has 2 bridgehead atoms. The summed E-state index contributed by atoms with van der Waals surface area (Å²) in [4.78, 5) is 0. The monoisotopic (exact) mass is 341 g/mol. The van der Waals surface area contributed by atoms with E-state index >= 15 is 0 Å². The number of hydrogen-bond donors (Lipinski definition) is 1. The van der Waals surface area contributed by atoms with Crippen molar-refractivity contribution in [3.05, 3.63) is 70.8 Å². The van der Waals surface area contributed by atoms with Gasteiger partial charge in [0.25, 0.3) is 0 Å². The molecule has 126 valence electrons. The minimum absolute atomic E-state index is 0.209. The van der Waals surface area contributed by atoms with Crippen LogP contribution < -0.4 is 4.72 Å². The van der Waals surface area contributed by atoms with Crippen molar-refractivity contribution in [1.29, 1.82) is 0 Å². The maximum atomic E-state index is 12.1. The van der Waals surface area contributed by atoms with Gasteiger partial charge in [0, 0.05) is 18.4 Å². The first-order valence-electron chi connectivity index (χ1n) is 8.75. The SMILES string of the molecule is CCCS(=O)(=O)NC[C@@H]1CC2c3ccccc3C1c1ccccc12. The van der Waals surface area contributed by atoms with Crippen LogP contribution in [-0.2, 0) is 10.0 Å². The van der Waals surface area contributed by atoms with Gasteiger partial charge in [-0.15, -0.1) is 0 Å². The zero-order chi connectivity index (χ0) is 16.7. The summed E-state index contributed by atoms with van der Waals surface area (Å²) >= 11 is 0. The maximum Gasteiger partial charge on any atom is 0.211 e. The third kappa shape index (κ3) is 2.58. The van der Waals surface area contributed by atoms with Gasteiger partial charge in [0.15, 0.2) is 0 Å². The van der Waals surface area contributed by atoms with Gasteiger partial charge < -0.3 is 0 Å². The summed E-state index contributed by atoms with van der Waals surface area (Å²) in [6.45, 7) is 2.43. The van der Waals surface area contributed by atoms with Crippen LogP contribution >= 0.6 is 0 Å². The number of hydrogen-bond acceptors (Lipinski definition) is 2. The predicted octanol–water partition coefficient (Wildman–Crippen LogP) is 3.61. The Morgan fingerprint density at radius 2 is 1.50 bits per heavy atom. The molecule has 0 aliphatic heterocycles. The number of fused-ring (bicyclic) bond motifs is 1. The second-order valence-electron chi connectivity index (χ2n) is 6.95. The van der Waals surface area contributed by atoms with E-state index in [1.165, 1.54) is 22.3 Å².